The van der Waals surface area contributed by atoms with Crippen molar-refractivity contribution in [2.24, 2.45) is 0 Å². The largest absolute Gasteiger partial charge is 0.458 e. The van der Waals surface area contributed by atoms with E-state index in [0.29, 0.717) is 17.2 Å². The number of fused-ring (bicyclic) bond motifs is 11. The summed E-state index contributed by atoms with van der Waals surface area (Å²) in [7, 11) is 0. The quantitative estimate of drug-likeness (QED) is 0.141. The fraction of sp³-hybridized carbons (Fsp3) is 0.0137. The Hall–Kier alpha value is -10.4. The second-order valence-corrected chi connectivity index (χ2v) is 21.4. The number of benzene rings is 12. The first kappa shape index (κ1) is 45.6. The number of anilines is 6. The van der Waals surface area contributed by atoms with E-state index < -0.39 is 5.41 Å². The Kier molecular flexibility index (Phi) is 10.0. The van der Waals surface area contributed by atoms with Gasteiger partial charge in [-0.1, -0.05) is 188 Å². The summed E-state index contributed by atoms with van der Waals surface area (Å²) in [6.45, 7) is -0.388. The molecule has 4 aliphatic heterocycles. The van der Waals surface area contributed by atoms with Crippen molar-refractivity contribution >= 4 is 80.3 Å². The molecule has 0 atom stereocenters. The van der Waals surface area contributed by atoms with Crippen LogP contribution in [0.15, 0.2) is 279 Å². The monoisotopic (exact) mass is 1040 g/mol. The van der Waals surface area contributed by atoms with Gasteiger partial charge in [-0.3, -0.25) is 0 Å². The van der Waals surface area contributed by atoms with Gasteiger partial charge in [-0.25, -0.2) is 0 Å². The van der Waals surface area contributed by atoms with Gasteiger partial charge in [0.05, 0.1) is 5.41 Å². The molecule has 0 unspecified atom stereocenters. The van der Waals surface area contributed by atoms with E-state index in [1.807, 2.05) is 78.9 Å². The fourth-order valence-corrected chi connectivity index (χ4v) is 13.9. The lowest BCUT2D eigenvalue weighted by Crippen LogP contribution is -2.63. The van der Waals surface area contributed by atoms with Crippen LogP contribution in [0.3, 0.4) is 0 Å². The van der Waals surface area contributed by atoms with Crippen LogP contribution in [0.2, 0.25) is 0 Å². The normalized spacial score (nSPS) is 13.9. The van der Waals surface area contributed by atoms with E-state index in [0.717, 1.165) is 79.3 Å². The minimum atomic E-state index is -0.567. The minimum Gasteiger partial charge on any atom is -0.458 e. The zero-order chi connectivity index (χ0) is 53.2. The van der Waals surface area contributed by atoms with Crippen LogP contribution in [0, 0.1) is 0 Å². The highest BCUT2D eigenvalue weighted by atomic mass is 16.5. The van der Waals surface area contributed by atoms with E-state index in [2.05, 4.69) is 210 Å². The first-order valence-corrected chi connectivity index (χ1v) is 27.7. The van der Waals surface area contributed by atoms with Crippen molar-refractivity contribution in [3.63, 3.8) is 0 Å². The van der Waals surface area contributed by atoms with Crippen molar-refractivity contribution in [3.05, 3.63) is 301 Å². The Morgan fingerprint density at radius 2 is 0.815 bits per heavy atom. The fourth-order valence-electron chi connectivity index (χ4n) is 13.9. The van der Waals surface area contributed by atoms with Gasteiger partial charge in [-0.2, -0.15) is 0 Å². The molecule has 17 rings (SSSR count). The van der Waals surface area contributed by atoms with Crippen LogP contribution in [0.1, 0.15) is 22.3 Å². The number of nitrogens with zero attached hydrogens (tertiary/aromatic N) is 2. The molecule has 0 radical (unpaired) electrons. The highest BCUT2D eigenvalue weighted by Crippen LogP contribution is 2.58. The number of para-hydroxylation sites is 5. The lowest BCUT2D eigenvalue weighted by atomic mass is 9.31. The van der Waals surface area contributed by atoms with E-state index >= 15 is 0 Å². The van der Waals surface area contributed by atoms with Gasteiger partial charge in [-0.05, 0) is 121 Å². The zero-order valence-electron chi connectivity index (χ0n) is 43.7. The molecule has 12 aromatic carbocycles. The third-order valence-corrected chi connectivity index (χ3v) is 17.1. The summed E-state index contributed by atoms with van der Waals surface area (Å²) in [6, 6.07) is 99.5. The van der Waals surface area contributed by atoms with E-state index in [1.165, 1.54) is 49.8 Å². The molecular weight excluding hydrogens is 990 g/mol. The van der Waals surface area contributed by atoms with Crippen LogP contribution in [-0.4, -0.2) is 13.4 Å². The molecule has 0 spiro atoms. The van der Waals surface area contributed by atoms with Gasteiger partial charge in [0, 0.05) is 69.9 Å². The Bertz CT molecular complexity index is 4470. The van der Waals surface area contributed by atoms with Gasteiger partial charge in [0.1, 0.15) is 46.0 Å². The Labute approximate surface area is 470 Å². The number of rotatable bonds is 8. The summed E-state index contributed by atoms with van der Waals surface area (Å²) in [5.41, 5.74) is 19.7. The molecule has 0 saturated carbocycles. The molecule has 0 N–H and O–H groups in total. The molecule has 0 aromatic heterocycles. The van der Waals surface area contributed by atoms with E-state index in [9.17, 15) is 0 Å². The molecule has 0 amide bonds. The third-order valence-electron chi connectivity index (χ3n) is 17.1. The maximum absolute atomic E-state index is 7.34. The first-order chi connectivity index (χ1) is 40.2. The van der Waals surface area contributed by atoms with Gasteiger partial charge in [0.25, 0.3) is 13.4 Å². The molecule has 0 saturated heterocycles. The zero-order valence-corrected chi connectivity index (χ0v) is 43.7. The van der Waals surface area contributed by atoms with Crippen molar-refractivity contribution in [3.8, 4) is 57.1 Å². The standard InChI is InChI=1S/C73H46B2N2O4/c1-6-22-47(23-7-1)73(48-24-8-2-9-25-48)57-33-17-16-32-55(57)56-40-50(38-39-58(56)73)77-64-46-68-62(75-60-35-19-21-37-67(60)80-69-43-54(44-70(81-68)72(69)75)79-52-30-14-5-15-31-52)45-61(64)74-59-34-18-20-36-63(59)76(49-26-10-3-11-27-49)65-41-53(42-66(77)71(65)74)78-51-28-12-4-13-29-51/h1-46H. The summed E-state index contributed by atoms with van der Waals surface area (Å²) >= 11 is 0. The van der Waals surface area contributed by atoms with Crippen LogP contribution in [0.5, 0.6) is 46.0 Å². The Morgan fingerprint density at radius 1 is 0.296 bits per heavy atom. The smallest absolute Gasteiger partial charge is 0.260 e. The van der Waals surface area contributed by atoms with Crippen molar-refractivity contribution in [2.75, 3.05) is 9.80 Å². The SMILES string of the molecule is c1ccc(Oc2cc3c4c(c2)Oc2cc5c(cc2B4c2ccccc2O3)B2c3ccccc3N(c3ccccc3)c3cc(Oc4ccccc4)cc(c32)N5c2ccc3c(c2)-c2ccccc2C3(c2ccccc2)c2ccccc2)cc1. The predicted molar refractivity (Wildman–Crippen MR) is 328 cm³/mol. The van der Waals surface area contributed by atoms with Crippen molar-refractivity contribution < 1.29 is 18.9 Å². The third kappa shape index (κ3) is 6.84. The molecule has 6 nitrogen and oxygen atoms in total. The molecule has 4 heterocycles. The lowest BCUT2D eigenvalue weighted by Gasteiger charge is -2.45. The molecule has 81 heavy (non-hydrogen) atoms. The van der Waals surface area contributed by atoms with E-state index in [4.69, 9.17) is 18.9 Å². The summed E-state index contributed by atoms with van der Waals surface area (Å²) in [5.74, 6) is 5.83. The molecule has 0 bridgehead atoms. The van der Waals surface area contributed by atoms with Gasteiger partial charge >= 0.3 is 0 Å². The maximum atomic E-state index is 7.34. The Morgan fingerprint density at radius 3 is 1.49 bits per heavy atom. The summed E-state index contributed by atoms with van der Waals surface area (Å²) < 4.78 is 27.7. The van der Waals surface area contributed by atoms with Crippen molar-refractivity contribution in [1.82, 2.24) is 0 Å². The minimum absolute atomic E-state index is 0.190. The molecule has 0 fully saturated rings. The molecule has 12 aromatic rings. The van der Waals surface area contributed by atoms with Crippen LogP contribution < -0.4 is 61.5 Å². The van der Waals surface area contributed by atoms with Crippen LogP contribution >= 0.6 is 0 Å². The topological polar surface area (TPSA) is 43.4 Å². The van der Waals surface area contributed by atoms with Gasteiger partial charge in [-0.15, -0.1) is 0 Å². The second kappa shape index (κ2) is 17.8. The average molecular weight is 1040 g/mol. The van der Waals surface area contributed by atoms with Crippen LogP contribution in [0.25, 0.3) is 11.1 Å². The van der Waals surface area contributed by atoms with E-state index in [1.54, 1.807) is 0 Å². The van der Waals surface area contributed by atoms with Gasteiger partial charge < -0.3 is 28.7 Å². The average Bonchev–Trinajstić information content (AvgIpc) is 3.51. The van der Waals surface area contributed by atoms with Crippen LogP contribution in [-0.2, 0) is 5.41 Å². The van der Waals surface area contributed by atoms with Gasteiger partial charge in [0.2, 0.25) is 0 Å². The highest BCUT2D eigenvalue weighted by Gasteiger charge is 2.49. The van der Waals surface area contributed by atoms with Gasteiger partial charge in [0.15, 0.2) is 0 Å². The predicted octanol–water partition coefficient (Wildman–Crippen LogP) is 14.4. The Balaban J connectivity index is 0.950. The maximum Gasteiger partial charge on any atom is 0.260 e. The number of hydrogen-bond donors (Lipinski definition) is 0. The van der Waals surface area contributed by atoms with E-state index in [-0.39, 0.29) is 13.4 Å². The van der Waals surface area contributed by atoms with Crippen molar-refractivity contribution in [2.45, 2.75) is 5.41 Å². The summed E-state index contributed by atoms with van der Waals surface area (Å²) in [4.78, 5) is 4.90. The molecule has 378 valence electrons. The number of hydrogen-bond acceptors (Lipinski definition) is 6. The molecule has 8 heteroatoms. The summed E-state index contributed by atoms with van der Waals surface area (Å²) in [6.07, 6.45) is 0. The first-order valence-electron chi connectivity index (χ1n) is 27.7. The highest BCUT2D eigenvalue weighted by molar-refractivity contribution is 7.02. The van der Waals surface area contributed by atoms with Crippen LogP contribution in [0.4, 0.5) is 34.1 Å². The lowest BCUT2D eigenvalue weighted by molar-refractivity contribution is 0.443. The summed E-state index contributed by atoms with van der Waals surface area (Å²) in [5, 5.41) is 0. The second-order valence-electron chi connectivity index (χ2n) is 21.4. The molecule has 5 aliphatic rings. The van der Waals surface area contributed by atoms with Crippen molar-refractivity contribution in [1.29, 1.82) is 0 Å². The number of ether oxygens (including phenoxy) is 4. The molecular formula is C73H46B2N2O4. The molecule has 1 aliphatic carbocycles.